The minimum absolute atomic E-state index is 0.0597. The van der Waals surface area contributed by atoms with Gasteiger partial charge in [0, 0.05) is 0 Å². The van der Waals surface area contributed by atoms with Gasteiger partial charge in [-0.15, -0.1) is 6.54 Å². The molecule has 0 radical (unpaired) electrons. The van der Waals surface area contributed by atoms with E-state index in [-0.39, 0.29) is 18.0 Å². The molecule has 0 bridgehead atoms. The highest BCUT2D eigenvalue weighted by Crippen LogP contribution is 2.27. The van der Waals surface area contributed by atoms with Gasteiger partial charge in [0.2, 0.25) is 0 Å². The van der Waals surface area contributed by atoms with Crippen LogP contribution in [0.3, 0.4) is 0 Å². The van der Waals surface area contributed by atoms with Crippen molar-refractivity contribution in [2.75, 3.05) is 6.54 Å². The molecule has 1 rings (SSSR count). The molecule has 0 aliphatic heterocycles. The van der Waals surface area contributed by atoms with Crippen molar-refractivity contribution in [1.29, 1.82) is 0 Å². The first-order valence-corrected chi connectivity index (χ1v) is 3.71. The van der Waals surface area contributed by atoms with E-state index in [1.807, 2.05) is 0 Å². The van der Waals surface area contributed by atoms with Gasteiger partial charge in [0.05, 0.1) is 6.10 Å². The second-order valence-corrected chi connectivity index (χ2v) is 2.63. The van der Waals surface area contributed by atoms with Crippen LogP contribution >= 0.6 is 0 Å². The van der Waals surface area contributed by atoms with E-state index in [9.17, 15) is 5.11 Å². The lowest BCUT2D eigenvalue weighted by atomic mass is 10.1. The minimum atomic E-state index is -0.850. The largest absolute Gasteiger partial charge is 0.598 e. The number of phenolic OH excluding ortho intramolecular Hbond substituents is 2. The maximum Gasteiger partial charge on any atom is 0.157 e. The van der Waals surface area contributed by atoms with Crippen molar-refractivity contribution in [3.63, 3.8) is 0 Å². The molecule has 0 aliphatic carbocycles. The molecule has 1 aromatic rings. The molecule has 1 atom stereocenters. The van der Waals surface area contributed by atoms with Gasteiger partial charge in [-0.05, 0) is 17.7 Å². The topological polar surface area (TPSA) is 101 Å². The van der Waals surface area contributed by atoms with E-state index in [0.717, 1.165) is 0 Å². The van der Waals surface area contributed by atoms with Gasteiger partial charge in [-0.1, -0.05) is 6.07 Å². The number of phenols is 2. The van der Waals surface area contributed by atoms with Crippen LogP contribution in [0.2, 0.25) is 0 Å². The molecule has 13 heavy (non-hydrogen) atoms. The monoisotopic (exact) mass is 183 g/mol. The van der Waals surface area contributed by atoms with Crippen LogP contribution < -0.4 is 5.84 Å². The summed E-state index contributed by atoms with van der Waals surface area (Å²) in [6.45, 7) is 0.0597. The molecule has 0 fully saturated rings. The van der Waals surface area contributed by atoms with Crippen LogP contribution in [0.15, 0.2) is 18.2 Å². The van der Waals surface area contributed by atoms with Gasteiger partial charge in [0.25, 0.3) is 0 Å². The Labute approximate surface area is 75.4 Å². The number of hydrogen-bond donors (Lipinski definition) is 4. The molecule has 0 spiro atoms. The quantitative estimate of drug-likeness (QED) is 0.309. The molecule has 0 saturated heterocycles. The lowest BCUT2D eigenvalue weighted by molar-refractivity contribution is 0.192. The Hall–Kier alpha value is -1.30. The zero-order valence-corrected chi connectivity index (χ0v) is 6.88. The summed E-state index contributed by atoms with van der Waals surface area (Å²) in [5.41, 5.74) is 3.73. The molecule has 1 aromatic carbocycles. The van der Waals surface area contributed by atoms with Gasteiger partial charge >= 0.3 is 0 Å². The highest BCUT2D eigenvalue weighted by molar-refractivity contribution is 5.41. The van der Waals surface area contributed by atoms with Crippen LogP contribution in [0, 0.1) is 0 Å². The Bertz CT molecular complexity index is 291. The number of hydrogen-bond acceptors (Lipinski definition) is 4. The molecule has 72 valence electrons. The molecule has 5 heteroatoms. The summed E-state index contributed by atoms with van der Waals surface area (Å²) in [5.74, 6) is 4.40. The summed E-state index contributed by atoms with van der Waals surface area (Å²) in [7, 11) is 0. The normalized spacial score (nSPS) is 12.8. The number of nitrogens with zero attached hydrogens (tertiary/aromatic N) is 1. The van der Waals surface area contributed by atoms with Crippen molar-refractivity contribution in [3.05, 3.63) is 29.2 Å². The van der Waals surface area contributed by atoms with Gasteiger partial charge in [-0.25, -0.2) is 0 Å². The third-order valence-corrected chi connectivity index (χ3v) is 1.66. The van der Waals surface area contributed by atoms with E-state index in [2.05, 4.69) is 5.43 Å². The van der Waals surface area contributed by atoms with Crippen molar-refractivity contribution in [2.24, 2.45) is 5.84 Å². The number of aliphatic hydroxyl groups excluding tert-OH is 1. The summed E-state index contributed by atoms with van der Waals surface area (Å²) in [6, 6.07) is 4.06. The SMILES string of the molecule is N[N-]C[C@H](O)c1ccc(O)c(O)c1. The maximum atomic E-state index is 9.37. The minimum Gasteiger partial charge on any atom is -0.598 e. The summed E-state index contributed by atoms with van der Waals surface area (Å²) in [4.78, 5) is 0. The molecule has 0 amide bonds. The molecule has 0 aromatic heterocycles. The third-order valence-electron chi connectivity index (χ3n) is 1.66. The van der Waals surface area contributed by atoms with Crippen LogP contribution in [-0.4, -0.2) is 21.9 Å². The average molecular weight is 183 g/mol. The summed E-state index contributed by atoms with van der Waals surface area (Å²) in [6.07, 6.45) is -0.850. The molecular weight excluding hydrogens is 172 g/mol. The van der Waals surface area contributed by atoms with Crippen molar-refractivity contribution in [1.82, 2.24) is 0 Å². The van der Waals surface area contributed by atoms with Gasteiger partial charge in [-0.3, -0.25) is 0 Å². The third kappa shape index (κ3) is 2.32. The van der Waals surface area contributed by atoms with Gasteiger partial charge in [-0.2, -0.15) is 0 Å². The molecule has 0 saturated carbocycles. The van der Waals surface area contributed by atoms with E-state index >= 15 is 0 Å². The predicted molar refractivity (Wildman–Crippen MR) is 47.1 cm³/mol. The predicted octanol–water partition coefficient (Wildman–Crippen LogP) is 0.379. The maximum absolute atomic E-state index is 9.37. The van der Waals surface area contributed by atoms with E-state index in [1.165, 1.54) is 18.2 Å². The molecule has 5 nitrogen and oxygen atoms in total. The van der Waals surface area contributed by atoms with Crippen molar-refractivity contribution >= 4 is 0 Å². The van der Waals surface area contributed by atoms with Crippen LogP contribution in [0.25, 0.3) is 5.43 Å². The average Bonchev–Trinajstić information content (AvgIpc) is 2.10. The molecule has 0 heterocycles. The molecule has 5 N–H and O–H groups in total. The van der Waals surface area contributed by atoms with E-state index in [4.69, 9.17) is 16.1 Å². The summed E-state index contributed by atoms with van der Waals surface area (Å²) >= 11 is 0. The first-order chi connectivity index (χ1) is 6.15. The van der Waals surface area contributed by atoms with Crippen LogP contribution in [0.4, 0.5) is 0 Å². The fourth-order valence-corrected chi connectivity index (χ4v) is 0.953. The fourth-order valence-electron chi connectivity index (χ4n) is 0.953. The molecule has 0 aliphatic rings. The van der Waals surface area contributed by atoms with Crippen LogP contribution in [-0.2, 0) is 0 Å². The van der Waals surface area contributed by atoms with Crippen molar-refractivity contribution in [2.45, 2.75) is 6.10 Å². The first-order valence-electron chi connectivity index (χ1n) is 3.71. The summed E-state index contributed by atoms with van der Waals surface area (Å²) < 4.78 is 0. The second-order valence-electron chi connectivity index (χ2n) is 2.63. The Morgan fingerprint density at radius 2 is 2.00 bits per heavy atom. The number of aliphatic hydroxyl groups is 1. The Morgan fingerprint density at radius 1 is 1.31 bits per heavy atom. The van der Waals surface area contributed by atoms with E-state index < -0.39 is 6.10 Å². The smallest absolute Gasteiger partial charge is 0.157 e. The fraction of sp³-hybridized carbons (Fsp3) is 0.250. The van der Waals surface area contributed by atoms with Crippen molar-refractivity contribution in [3.8, 4) is 11.5 Å². The molecule has 0 unspecified atom stereocenters. The number of benzene rings is 1. The lowest BCUT2D eigenvalue weighted by Gasteiger charge is -2.18. The van der Waals surface area contributed by atoms with Crippen LogP contribution in [0.5, 0.6) is 11.5 Å². The van der Waals surface area contributed by atoms with Gasteiger partial charge in [0.15, 0.2) is 11.5 Å². The second kappa shape index (κ2) is 4.08. The Morgan fingerprint density at radius 3 is 2.54 bits per heavy atom. The van der Waals surface area contributed by atoms with Gasteiger partial charge < -0.3 is 26.6 Å². The lowest BCUT2D eigenvalue weighted by Crippen LogP contribution is -2.05. The summed E-state index contributed by atoms with van der Waals surface area (Å²) in [5, 5.41) is 27.4. The van der Waals surface area contributed by atoms with Gasteiger partial charge in [0.1, 0.15) is 0 Å². The van der Waals surface area contributed by atoms with E-state index in [0.29, 0.717) is 5.56 Å². The zero-order valence-electron chi connectivity index (χ0n) is 6.88. The van der Waals surface area contributed by atoms with E-state index in [1.54, 1.807) is 0 Å². The zero-order chi connectivity index (χ0) is 9.84. The highest BCUT2D eigenvalue weighted by Gasteiger charge is 2.05. The number of aromatic hydroxyl groups is 2. The number of nitrogens with two attached hydrogens (primary N) is 1. The Balaban J connectivity index is 2.84. The highest BCUT2D eigenvalue weighted by atomic mass is 16.3. The molecular formula is C8H11N2O3-. The van der Waals surface area contributed by atoms with Crippen molar-refractivity contribution < 1.29 is 15.3 Å². The number of rotatable bonds is 3. The Kier molecular flexibility index (Phi) is 3.07. The standard InChI is InChI=1S/C8H11N2O3/c9-10-4-8(13)5-1-2-6(11)7(12)3-5/h1-3,8,11-13H,4,9H2/q-1/t8-/m0/s1. The first kappa shape index (κ1) is 9.79. The van der Waals surface area contributed by atoms with Crippen LogP contribution in [0.1, 0.15) is 11.7 Å².